The van der Waals surface area contributed by atoms with Crippen molar-refractivity contribution in [3.8, 4) is 0 Å². The molecule has 80 valence electrons. The number of carbonyl (C=O) groups excluding carboxylic acids is 1. The van der Waals surface area contributed by atoms with E-state index in [9.17, 15) is 4.79 Å². The molecule has 2 rings (SSSR count). The monoisotopic (exact) mass is 225 g/mol. The van der Waals surface area contributed by atoms with Gasteiger partial charge in [-0.05, 0) is 24.1 Å². The summed E-state index contributed by atoms with van der Waals surface area (Å²) in [5.41, 5.74) is 0.789. The number of hydrogen-bond donors (Lipinski definition) is 0. The molecule has 1 aromatic rings. The third kappa shape index (κ3) is 2.26. The molecule has 5 heteroatoms. The minimum absolute atomic E-state index is 0.141. The molecule has 1 aliphatic heterocycles. The number of halogens is 1. The number of likely N-dealkylation sites (tertiary alicyclic amines) is 1. The Labute approximate surface area is 93.3 Å². The van der Waals surface area contributed by atoms with Gasteiger partial charge in [-0.1, -0.05) is 6.92 Å². The molecule has 0 spiro atoms. The first-order valence-electron chi connectivity index (χ1n) is 4.93. The first kappa shape index (κ1) is 10.4. The normalized spacial score (nSPS) is 21.1. The molecule has 15 heavy (non-hydrogen) atoms. The molecule has 0 N–H and O–H groups in total. The highest BCUT2D eigenvalue weighted by atomic mass is 35.5. The average molecular weight is 226 g/mol. The van der Waals surface area contributed by atoms with Crippen LogP contribution >= 0.6 is 11.6 Å². The molecule has 0 bridgehead atoms. The Bertz CT molecular complexity index is 383. The van der Waals surface area contributed by atoms with E-state index < -0.39 is 0 Å². The molecular formula is C10H12ClN3O. The fraction of sp³-hybridized carbons (Fsp3) is 0.500. The summed E-state index contributed by atoms with van der Waals surface area (Å²) in [7, 11) is 0. The molecule has 2 heterocycles. The second-order valence-electron chi connectivity index (χ2n) is 3.77. The second kappa shape index (κ2) is 4.14. The van der Waals surface area contributed by atoms with Crippen molar-refractivity contribution in [2.75, 3.05) is 6.54 Å². The minimum Gasteiger partial charge on any atom is -0.337 e. The Kier molecular flexibility index (Phi) is 2.86. The first-order chi connectivity index (χ1) is 7.16. The fourth-order valence-electron chi connectivity index (χ4n) is 1.70. The van der Waals surface area contributed by atoms with Crippen molar-refractivity contribution in [2.45, 2.75) is 19.9 Å². The van der Waals surface area contributed by atoms with Gasteiger partial charge in [0.15, 0.2) is 0 Å². The second-order valence-corrected chi connectivity index (χ2v) is 4.10. The summed E-state index contributed by atoms with van der Waals surface area (Å²) in [6.07, 6.45) is 2.53. The Morgan fingerprint density at radius 3 is 3.07 bits per heavy atom. The third-order valence-corrected chi connectivity index (χ3v) is 2.78. The van der Waals surface area contributed by atoms with Crippen LogP contribution in [0.4, 0.5) is 0 Å². The van der Waals surface area contributed by atoms with Crippen LogP contribution in [-0.4, -0.2) is 27.3 Å². The minimum atomic E-state index is 0.141. The van der Waals surface area contributed by atoms with Gasteiger partial charge in [-0.25, -0.2) is 9.97 Å². The van der Waals surface area contributed by atoms with E-state index in [2.05, 4.69) is 9.97 Å². The van der Waals surface area contributed by atoms with E-state index >= 15 is 0 Å². The van der Waals surface area contributed by atoms with Crippen LogP contribution in [0.2, 0.25) is 5.28 Å². The largest absolute Gasteiger partial charge is 0.337 e. The molecule has 1 amide bonds. The lowest BCUT2D eigenvalue weighted by Crippen LogP contribution is -2.26. The van der Waals surface area contributed by atoms with E-state index in [-0.39, 0.29) is 17.1 Å². The number of aromatic nitrogens is 2. The molecule has 0 aliphatic carbocycles. The molecule has 0 aromatic carbocycles. The Morgan fingerprint density at radius 2 is 2.47 bits per heavy atom. The highest BCUT2D eigenvalue weighted by Gasteiger charge is 2.27. The van der Waals surface area contributed by atoms with Crippen molar-refractivity contribution in [3.63, 3.8) is 0 Å². The molecule has 4 nitrogen and oxygen atoms in total. The standard InChI is InChI=1S/C10H12ClN3O/c1-7-3-5-14(9(7)15)6-8-2-4-12-10(11)13-8/h2,4,7H,3,5-6H2,1H3. The summed E-state index contributed by atoms with van der Waals surface area (Å²) in [6.45, 7) is 3.29. The van der Waals surface area contributed by atoms with Crippen LogP contribution in [0.15, 0.2) is 12.3 Å². The van der Waals surface area contributed by atoms with Gasteiger partial charge in [0.05, 0.1) is 12.2 Å². The molecule has 1 unspecified atom stereocenters. The third-order valence-electron chi connectivity index (χ3n) is 2.60. The summed E-state index contributed by atoms with van der Waals surface area (Å²) in [6, 6.07) is 1.78. The molecule has 1 atom stereocenters. The smallest absolute Gasteiger partial charge is 0.225 e. The lowest BCUT2D eigenvalue weighted by molar-refractivity contribution is -0.131. The van der Waals surface area contributed by atoms with E-state index in [0.29, 0.717) is 6.54 Å². The highest BCUT2D eigenvalue weighted by Crippen LogP contribution is 2.19. The lowest BCUT2D eigenvalue weighted by Gasteiger charge is -2.15. The molecule has 0 saturated carbocycles. The van der Waals surface area contributed by atoms with Crippen molar-refractivity contribution >= 4 is 17.5 Å². The van der Waals surface area contributed by atoms with Crippen molar-refractivity contribution < 1.29 is 4.79 Å². The van der Waals surface area contributed by atoms with E-state index in [0.717, 1.165) is 18.7 Å². The van der Waals surface area contributed by atoms with Crippen LogP contribution in [0.1, 0.15) is 19.0 Å². The van der Waals surface area contributed by atoms with E-state index in [1.54, 1.807) is 12.3 Å². The highest BCUT2D eigenvalue weighted by molar-refractivity contribution is 6.28. The zero-order valence-electron chi connectivity index (χ0n) is 8.48. The van der Waals surface area contributed by atoms with Gasteiger partial charge in [0.25, 0.3) is 0 Å². The summed E-state index contributed by atoms with van der Waals surface area (Å²) in [5, 5.41) is 0.229. The number of rotatable bonds is 2. The first-order valence-corrected chi connectivity index (χ1v) is 5.31. The van der Waals surface area contributed by atoms with Gasteiger partial charge < -0.3 is 4.90 Å². The van der Waals surface area contributed by atoms with Crippen LogP contribution in [-0.2, 0) is 11.3 Å². The predicted octanol–water partition coefficient (Wildman–Crippen LogP) is 1.50. The van der Waals surface area contributed by atoms with Gasteiger partial charge in [-0.15, -0.1) is 0 Å². The molecule has 1 fully saturated rings. The summed E-state index contributed by atoms with van der Waals surface area (Å²) in [4.78, 5) is 21.3. The van der Waals surface area contributed by atoms with Gasteiger partial charge in [-0.2, -0.15) is 0 Å². The zero-order valence-corrected chi connectivity index (χ0v) is 9.24. The van der Waals surface area contributed by atoms with Crippen molar-refractivity contribution in [3.05, 3.63) is 23.2 Å². The fourth-order valence-corrected chi connectivity index (χ4v) is 1.87. The van der Waals surface area contributed by atoms with Gasteiger partial charge in [0.1, 0.15) is 0 Å². The average Bonchev–Trinajstić information content (AvgIpc) is 2.50. The zero-order chi connectivity index (χ0) is 10.8. The van der Waals surface area contributed by atoms with Crippen LogP contribution in [0, 0.1) is 5.92 Å². The van der Waals surface area contributed by atoms with Crippen LogP contribution in [0.3, 0.4) is 0 Å². The van der Waals surface area contributed by atoms with Crippen molar-refractivity contribution in [1.82, 2.24) is 14.9 Å². The van der Waals surface area contributed by atoms with Crippen LogP contribution in [0.25, 0.3) is 0 Å². The van der Waals surface area contributed by atoms with E-state index in [1.165, 1.54) is 0 Å². The summed E-state index contributed by atoms with van der Waals surface area (Å²) in [5.74, 6) is 0.340. The molecule has 0 radical (unpaired) electrons. The Morgan fingerprint density at radius 1 is 1.67 bits per heavy atom. The van der Waals surface area contributed by atoms with Gasteiger partial charge in [0.2, 0.25) is 11.2 Å². The van der Waals surface area contributed by atoms with E-state index in [4.69, 9.17) is 11.6 Å². The van der Waals surface area contributed by atoms with Crippen LogP contribution < -0.4 is 0 Å². The summed E-state index contributed by atoms with van der Waals surface area (Å²) < 4.78 is 0. The quantitative estimate of drug-likeness (QED) is 0.717. The number of nitrogens with zero attached hydrogens (tertiary/aromatic N) is 3. The van der Waals surface area contributed by atoms with Gasteiger partial charge >= 0.3 is 0 Å². The van der Waals surface area contributed by atoms with Crippen molar-refractivity contribution in [2.24, 2.45) is 5.92 Å². The van der Waals surface area contributed by atoms with Gasteiger partial charge in [0, 0.05) is 18.7 Å². The number of hydrogen-bond acceptors (Lipinski definition) is 3. The van der Waals surface area contributed by atoms with Crippen LogP contribution in [0.5, 0.6) is 0 Å². The molecule has 1 aromatic heterocycles. The maximum absolute atomic E-state index is 11.6. The topological polar surface area (TPSA) is 46.1 Å². The summed E-state index contributed by atoms with van der Waals surface area (Å²) >= 11 is 5.67. The van der Waals surface area contributed by atoms with Gasteiger partial charge in [-0.3, -0.25) is 4.79 Å². The molecule has 1 saturated heterocycles. The molecular weight excluding hydrogens is 214 g/mol. The number of carbonyl (C=O) groups is 1. The van der Waals surface area contributed by atoms with Crippen molar-refractivity contribution in [1.29, 1.82) is 0 Å². The number of amides is 1. The molecule has 1 aliphatic rings. The SMILES string of the molecule is CC1CCN(Cc2ccnc(Cl)n2)C1=O. The Hall–Kier alpha value is -1.16. The predicted molar refractivity (Wildman–Crippen MR) is 56.2 cm³/mol. The van der Waals surface area contributed by atoms with E-state index in [1.807, 2.05) is 11.8 Å². The lowest BCUT2D eigenvalue weighted by atomic mass is 10.1. The Balaban J connectivity index is 2.06. The maximum Gasteiger partial charge on any atom is 0.225 e. The maximum atomic E-state index is 11.6.